The summed E-state index contributed by atoms with van der Waals surface area (Å²) < 4.78 is 12.5. The van der Waals surface area contributed by atoms with Crippen LogP contribution in [0.4, 0.5) is 11.5 Å². The molecule has 2 aromatic carbocycles. The van der Waals surface area contributed by atoms with Gasteiger partial charge in [-0.1, -0.05) is 12.1 Å². The van der Waals surface area contributed by atoms with Crippen LogP contribution in [-0.2, 0) is 0 Å². The molecule has 1 saturated heterocycles. The van der Waals surface area contributed by atoms with E-state index in [9.17, 15) is 0 Å². The zero-order valence-corrected chi connectivity index (χ0v) is 17.7. The molecule has 5 rings (SSSR count). The Hall–Kier alpha value is -3.74. The van der Waals surface area contributed by atoms with E-state index in [1.165, 1.54) is 5.69 Å². The average molecular weight is 415 g/mol. The Morgan fingerprint density at radius 3 is 2.29 bits per heavy atom. The Bertz CT molecular complexity index is 1180. The number of hydrogen-bond acceptors (Lipinski definition) is 6. The molecular weight excluding hydrogens is 390 g/mol. The minimum absolute atomic E-state index is 0.822. The maximum Gasteiger partial charge on any atom is 0.154 e. The second kappa shape index (κ2) is 8.18. The van der Waals surface area contributed by atoms with Crippen molar-refractivity contribution in [2.24, 2.45) is 0 Å². The van der Waals surface area contributed by atoms with Gasteiger partial charge in [0.15, 0.2) is 5.82 Å². The molecule has 7 nitrogen and oxygen atoms in total. The van der Waals surface area contributed by atoms with Crippen molar-refractivity contribution in [3.05, 3.63) is 67.0 Å². The van der Waals surface area contributed by atoms with E-state index in [0.717, 1.165) is 60.3 Å². The monoisotopic (exact) mass is 415 g/mol. The highest BCUT2D eigenvalue weighted by Gasteiger charge is 2.21. The van der Waals surface area contributed by atoms with Crippen LogP contribution in [0.25, 0.3) is 16.8 Å². The fraction of sp³-hybridized carbons (Fsp3) is 0.250. The quantitative estimate of drug-likeness (QED) is 0.495. The molecule has 1 aliphatic rings. The first kappa shape index (κ1) is 19.2. The lowest BCUT2D eigenvalue weighted by molar-refractivity contribution is 0.414. The van der Waals surface area contributed by atoms with Gasteiger partial charge in [-0.3, -0.25) is 0 Å². The van der Waals surface area contributed by atoms with E-state index < -0.39 is 0 Å². The van der Waals surface area contributed by atoms with Crippen molar-refractivity contribution in [1.29, 1.82) is 0 Å². The van der Waals surface area contributed by atoms with E-state index in [0.29, 0.717) is 0 Å². The van der Waals surface area contributed by atoms with Gasteiger partial charge in [0.1, 0.15) is 17.0 Å². The van der Waals surface area contributed by atoms with Crippen molar-refractivity contribution in [1.82, 2.24) is 14.6 Å². The molecule has 0 saturated carbocycles. The number of aromatic nitrogens is 3. The Morgan fingerprint density at radius 2 is 1.55 bits per heavy atom. The minimum Gasteiger partial charge on any atom is -0.497 e. The molecule has 0 atom stereocenters. The minimum atomic E-state index is 0.822. The van der Waals surface area contributed by atoms with Gasteiger partial charge in [0.2, 0.25) is 0 Å². The van der Waals surface area contributed by atoms with Gasteiger partial charge in [0, 0.05) is 49.8 Å². The molecule has 7 heteroatoms. The van der Waals surface area contributed by atoms with Crippen LogP contribution in [0.5, 0.6) is 11.5 Å². The number of anilines is 2. The summed E-state index contributed by atoms with van der Waals surface area (Å²) in [6, 6.07) is 18.3. The summed E-state index contributed by atoms with van der Waals surface area (Å²) in [5.41, 5.74) is 4.16. The zero-order valence-electron chi connectivity index (χ0n) is 17.7. The number of hydrogen-bond donors (Lipinski definition) is 0. The van der Waals surface area contributed by atoms with Crippen molar-refractivity contribution < 1.29 is 9.47 Å². The predicted octanol–water partition coefficient (Wildman–Crippen LogP) is 3.74. The molecular formula is C24H25N5O2. The van der Waals surface area contributed by atoms with E-state index in [4.69, 9.17) is 19.6 Å². The van der Waals surface area contributed by atoms with Crippen LogP contribution in [-0.4, -0.2) is 55.0 Å². The SMILES string of the molecule is COc1ccc(N2CCN(c3nccn4nc(-c5cccc(OC)c5)cc34)CC2)cc1. The number of nitrogens with zero attached hydrogens (tertiary/aromatic N) is 5. The normalized spacial score (nSPS) is 14.1. The first-order chi connectivity index (χ1) is 15.2. The van der Waals surface area contributed by atoms with Crippen molar-refractivity contribution in [3.63, 3.8) is 0 Å². The van der Waals surface area contributed by atoms with Crippen LogP contribution in [0.1, 0.15) is 0 Å². The molecule has 0 N–H and O–H groups in total. The van der Waals surface area contributed by atoms with E-state index >= 15 is 0 Å². The highest BCUT2D eigenvalue weighted by Crippen LogP contribution is 2.28. The standard InChI is InChI=1S/C24H25N5O2/c1-30-20-8-6-19(7-9-20)27-12-14-28(15-13-27)24-23-17-22(26-29(23)11-10-25-24)18-4-3-5-21(16-18)31-2/h3-11,16-17H,12-15H2,1-2H3. The lowest BCUT2D eigenvalue weighted by Crippen LogP contribution is -2.47. The molecule has 0 bridgehead atoms. The fourth-order valence-corrected chi connectivity index (χ4v) is 4.04. The predicted molar refractivity (Wildman–Crippen MR) is 122 cm³/mol. The Balaban J connectivity index is 1.37. The zero-order chi connectivity index (χ0) is 21.2. The summed E-state index contributed by atoms with van der Waals surface area (Å²) in [6.45, 7) is 3.68. The summed E-state index contributed by atoms with van der Waals surface area (Å²) in [4.78, 5) is 9.43. The second-order valence-corrected chi connectivity index (χ2v) is 7.51. The van der Waals surface area contributed by atoms with E-state index in [1.54, 1.807) is 14.2 Å². The first-order valence-corrected chi connectivity index (χ1v) is 10.4. The fourth-order valence-electron chi connectivity index (χ4n) is 4.04. The van der Waals surface area contributed by atoms with Crippen LogP contribution in [0, 0.1) is 0 Å². The summed E-state index contributed by atoms with van der Waals surface area (Å²) in [5, 5.41) is 4.76. The van der Waals surface area contributed by atoms with Crippen LogP contribution < -0.4 is 19.3 Å². The third-order valence-corrected chi connectivity index (χ3v) is 5.75. The largest absolute Gasteiger partial charge is 0.497 e. The Labute approximate surface area is 181 Å². The van der Waals surface area contributed by atoms with Crippen molar-refractivity contribution >= 4 is 17.0 Å². The van der Waals surface area contributed by atoms with Crippen LogP contribution >= 0.6 is 0 Å². The van der Waals surface area contributed by atoms with Crippen LogP contribution in [0.2, 0.25) is 0 Å². The molecule has 0 amide bonds. The number of methoxy groups -OCH3 is 2. The molecule has 1 fully saturated rings. The van der Waals surface area contributed by atoms with Crippen molar-refractivity contribution in [2.75, 3.05) is 50.2 Å². The highest BCUT2D eigenvalue weighted by molar-refractivity contribution is 5.76. The smallest absolute Gasteiger partial charge is 0.154 e. The molecule has 158 valence electrons. The summed E-state index contributed by atoms with van der Waals surface area (Å²) in [6.07, 6.45) is 3.72. The van der Waals surface area contributed by atoms with Crippen LogP contribution in [0.15, 0.2) is 67.0 Å². The van der Waals surface area contributed by atoms with Gasteiger partial charge in [-0.25, -0.2) is 9.50 Å². The molecule has 0 unspecified atom stereocenters. The topological polar surface area (TPSA) is 55.1 Å². The van der Waals surface area contributed by atoms with Gasteiger partial charge in [-0.15, -0.1) is 0 Å². The number of ether oxygens (including phenoxy) is 2. The Morgan fingerprint density at radius 1 is 0.806 bits per heavy atom. The molecule has 0 radical (unpaired) electrons. The number of fused-ring (bicyclic) bond motifs is 1. The third kappa shape index (κ3) is 3.74. The molecule has 3 heterocycles. The molecule has 0 aliphatic carbocycles. The Kier molecular flexibility index (Phi) is 5.08. The van der Waals surface area contributed by atoms with Gasteiger partial charge >= 0.3 is 0 Å². The van der Waals surface area contributed by atoms with E-state index in [-0.39, 0.29) is 0 Å². The van der Waals surface area contributed by atoms with Gasteiger partial charge in [-0.2, -0.15) is 5.10 Å². The van der Waals surface area contributed by atoms with Gasteiger partial charge in [0.05, 0.1) is 19.9 Å². The first-order valence-electron chi connectivity index (χ1n) is 10.4. The lowest BCUT2D eigenvalue weighted by atomic mass is 10.1. The van der Waals surface area contributed by atoms with E-state index in [2.05, 4.69) is 28.0 Å². The highest BCUT2D eigenvalue weighted by atomic mass is 16.5. The van der Waals surface area contributed by atoms with Gasteiger partial charge < -0.3 is 19.3 Å². The maximum absolute atomic E-state index is 5.36. The second-order valence-electron chi connectivity index (χ2n) is 7.51. The average Bonchev–Trinajstić information content (AvgIpc) is 3.29. The third-order valence-electron chi connectivity index (χ3n) is 5.75. The number of rotatable bonds is 5. The van der Waals surface area contributed by atoms with Gasteiger partial charge in [0.25, 0.3) is 0 Å². The molecule has 1 aliphatic heterocycles. The van der Waals surface area contributed by atoms with E-state index in [1.807, 2.05) is 53.3 Å². The number of benzene rings is 2. The van der Waals surface area contributed by atoms with Crippen molar-refractivity contribution in [2.45, 2.75) is 0 Å². The molecule has 2 aromatic heterocycles. The molecule has 31 heavy (non-hydrogen) atoms. The summed E-state index contributed by atoms with van der Waals surface area (Å²) in [5.74, 6) is 2.67. The van der Waals surface area contributed by atoms with Gasteiger partial charge in [-0.05, 0) is 42.5 Å². The lowest BCUT2D eigenvalue weighted by Gasteiger charge is -2.36. The molecule has 0 spiro atoms. The van der Waals surface area contributed by atoms with Crippen molar-refractivity contribution in [3.8, 4) is 22.8 Å². The maximum atomic E-state index is 5.36. The van der Waals surface area contributed by atoms with Crippen LogP contribution in [0.3, 0.4) is 0 Å². The molecule has 4 aromatic rings. The number of piperazine rings is 1. The summed E-state index contributed by atoms with van der Waals surface area (Å²) >= 11 is 0. The summed E-state index contributed by atoms with van der Waals surface area (Å²) in [7, 11) is 3.37.